The van der Waals surface area contributed by atoms with Crippen LogP contribution in [0.15, 0.2) is 205 Å². The van der Waals surface area contributed by atoms with Crippen LogP contribution < -0.4 is 4.90 Å². The molecule has 0 radical (unpaired) electrons. The van der Waals surface area contributed by atoms with Crippen LogP contribution in [0.5, 0.6) is 0 Å². The van der Waals surface area contributed by atoms with Gasteiger partial charge in [-0.25, -0.2) is 0 Å². The number of hydrogen-bond acceptors (Lipinski definition) is 2. The molecule has 2 heteroatoms. The van der Waals surface area contributed by atoms with Crippen molar-refractivity contribution in [1.82, 2.24) is 0 Å². The van der Waals surface area contributed by atoms with Crippen molar-refractivity contribution in [2.24, 2.45) is 0 Å². The van der Waals surface area contributed by atoms with Crippen LogP contribution in [0.1, 0.15) is 0 Å². The molecular formula is C48H33NO. The first-order chi connectivity index (χ1) is 24.8. The van der Waals surface area contributed by atoms with Crippen molar-refractivity contribution in [3.8, 4) is 44.5 Å². The number of rotatable bonds is 7. The Morgan fingerprint density at radius 3 is 1.38 bits per heavy atom. The third-order valence-electron chi connectivity index (χ3n) is 9.50. The molecule has 9 rings (SSSR count). The van der Waals surface area contributed by atoms with E-state index >= 15 is 0 Å². The van der Waals surface area contributed by atoms with Crippen LogP contribution in [0.3, 0.4) is 0 Å². The third-order valence-corrected chi connectivity index (χ3v) is 9.50. The Kier molecular flexibility index (Phi) is 7.53. The van der Waals surface area contributed by atoms with Gasteiger partial charge in [0.25, 0.3) is 0 Å². The predicted molar refractivity (Wildman–Crippen MR) is 210 cm³/mol. The lowest BCUT2D eigenvalue weighted by Crippen LogP contribution is -2.11. The van der Waals surface area contributed by atoms with Gasteiger partial charge in [0.1, 0.15) is 11.2 Å². The van der Waals surface area contributed by atoms with Crippen LogP contribution in [0.25, 0.3) is 66.4 Å². The second-order valence-electron chi connectivity index (χ2n) is 12.6. The van der Waals surface area contributed by atoms with Gasteiger partial charge in [0, 0.05) is 27.7 Å². The SMILES string of the molecule is c1ccc(-c2ccc(N(c3ccc(-c4ccc5c(c4)oc4ccccc45)cc3)c3ccc(-c4ccccc4)cc3-c3ccccc3)cc2)cc1. The van der Waals surface area contributed by atoms with Crippen LogP contribution in [0, 0.1) is 0 Å². The van der Waals surface area contributed by atoms with Crippen molar-refractivity contribution in [2.75, 3.05) is 4.90 Å². The highest BCUT2D eigenvalue weighted by molar-refractivity contribution is 6.06. The van der Waals surface area contributed by atoms with E-state index in [9.17, 15) is 0 Å². The van der Waals surface area contributed by atoms with Gasteiger partial charge >= 0.3 is 0 Å². The maximum Gasteiger partial charge on any atom is 0.136 e. The van der Waals surface area contributed by atoms with Crippen LogP contribution in [-0.2, 0) is 0 Å². The quantitative estimate of drug-likeness (QED) is 0.173. The molecule has 0 aliphatic heterocycles. The van der Waals surface area contributed by atoms with Gasteiger partial charge in [-0.15, -0.1) is 0 Å². The molecule has 0 aliphatic carbocycles. The maximum absolute atomic E-state index is 6.22. The molecule has 1 heterocycles. The van der Waals surface area contributed by atoms with Gasteiger partial charge in [-0.1, -0.05) is 146 Å². The highest BCUT2D eigenvalue weighted by Crippen LogP contribution is 2.43. The maximum atomic E-state index is 6.22. The Balaban J connectivity index is 1.17. The molecule has 0 fully saturated rings. The minimum Gasteiger partial charge on any atom is -0.456 e. The predicted octanol–water partition coefficient (Wildman–Crippen LogP) is 13.7. The molecule has 1 aromatic heterocycles. The van der Waals surface area contributed by atoms with Crippen LogP contribution in [0.2, 0.25) is 0 Å². The molecule has 0 bridgehead atoms. The van der Waals surface area contributed by atoms with E-state index in [1.807, 2.05) is 12.1 Å². The first-order valence-corrected chi connectivity index (χ1v) is 17.0. The fraction of sp³-hybridized carbons (Fsp3) is 0. The topological polar surface area (TPSA) is 16.4 Å². The normalized spacial score (nSPS) is 11.2. The molecule has 9 aromatic rings. The van der Waals surface area contributed by atoms with Crippen LogP contribution in [0.4, 0.5) is 17.1 Å². The van der Waals surface area contributed by atoms with Gasteiger partial charge < -0.3 is 9.32 Å². The molecule has 0 N–H and O–H groups in total. The summed E-state index contributed by atoms with van der Waals surface area (Å²) in [5.74, 6) is 0. The second kappa shape index (κ2) is 12.8. The molecule has 8 aromatic carbocycles. The Labute approximate surface area is 292 Å². The average Bonchev–Trinajstić information content (AvgIpc) is 3.58. The highest BCUT2D eigenvalue weighted by atomic mass is 16.3. The Morgan fingerprint density at radius 2 is 0.740 bits per heavy atom. The number of fused-ring (bicyclic) bond motifs is 3. The van der Waals surface area contributed by atoms with Gasteiger partial charge in [0.15, 0.2) is 0 Å². The second-order valence-corrected chi connectivity index (χ2v) is 12.6. The fourth-order valence-electron chi connectivity index (χ4n) is 6.96. The largest absolute Gasteiger partial charge is 0.456 e. The van der Waals surface area contributed by atoms with E-state index in [2.05, 4.69) is 193 Å². The van der Waals surface area contributed by atoms with E-state index in [1.165, 1.54) is 33.4 Å². The highest BCUT2D eigenvalue weighted by Gasteiger charge is 2.19. The number of para-hydroxylation sites is 1. The molecule has 0 saturated carbocycles. The smallest absolute Gasteiger partial charge is 0.136 e. The summed E-state index contributed by atoms with van der Waals surface area (Å²) in [5.41, 5.74) is 14.5. The molecule has 0 spiro atoms. The van der Waals surface area contributed by atoms with E-state index in [-0.39, 0.29) is 0 Å². The zero-order valence-electron chi connectivity index (χ0n) is 27.4. The Morgan fingerprint density at radius 1 is 0.300 bits per heavy atom. The van der Waals surface area contributed by atoms with Crippen LogP contribution in [-0.4, -0.2) is 0 Å². The van der Waals surface area contributed by atoms with Crippen molar-refractivity contribution in [2.45, 2.75) is 0 Å². The van der Waals surface area contributed by atoms with Crippen LogP contribution >= 0.6 is 0 Å². The molecular weight excluding hydrogens is 607 g/mol. The van der Waals surface area contributed by atoms with E-state index in [1.54, 1.807) is 0 Å². The van der Waals surface area contributed by atoms with Crippen molar-refractivity contribution in [1.29, 1.82) is 0 Å². The monoisotopic (exact) mass is 639 g/mol. The van der Waals surface area contributed by atoms with Crippen molar-refractivity contribution in [3.63, 3.8) is 0 Å². The minimum absolute atomic E-state index is 0.902. The zero-order chi connectivity index (χ0) is 33.3. The molecule has 0 aliphatic rings. The lowest BCUT2D eigenvalue weighted by atomic mass is 9.96. The van der Waals surface area contributed by atoms with Gasteiger partial charge in [0.2, 0.25) is 0 Å². The standard InChI is InChI=1S/C48H33NO/c1-4-12-34(13-5-1)36-20-26-41(27-21-36)49(46-31-25-39(35-14-6-2-7-15-35)32-45(46)38-16-8-3-9-17-38)42-28-22-37(23-29-42)40-24-30-44-43-18-10-11-19-47(43)50-48(44)33-40/h1-33H. The molecule has 0 unspecified atom stereocenters. The van der Waals surface area contributed by atoms with Crippen molar-refractivity contribution < 1.29 is 4.42 Å². The average molecular weight is 640 g/mol. The number of furan rings is 1. The summed E-state index contributed by atoms with van der Waals surface area (Å²) in [7, 11) is 0. The van der Waals surface area contributed by atoms with Gasteiger partial charge in [-0.05, 0) is 93.5 Å². The van der Waals surface area contributed by atoms with Crippen molar-refractivity contribution >= 4 is 39.0 Å². The first kappa shape index (κ1) is 29.5. The Hall–Kier alpha value is -6.64. The number of anilines is 3. The fourth-order valence-corrected chi connectivity index (χ4v) is 6.96. The molecule has 236 valence electrons. The minimum atomic E-state index is 0.902. The Bertz CT molecular complexity index is 2550. The molecule has 50 heavy (non-hydrogen) atoms. The summed E-state index contributed by atoms with van der Waals surface area (Å²) in [6, 6.07) is 71.2. The number of benzene rings is 8. The van der Waals surface area contributed by atoms with E-state index < -0.39 is 0 Å². The zero-order valence-corrected chi connectivity index (χ0v) is 27.4. The molecule has 0 atom stereocenters. The first-order valence-electron chi connectivity index (χ1n) is 17.0. The molecule has 2 nitrogen and oxygen atoms in total. The van der Waals surface area contributed by atoms with E-state index in [4.69, 9.17) is 4.42 Å². The summed E-state index contributed by atoms with van der Waals surface area (Å²) in [6.45, 7) is 0. The van der Waals surface area contributed by atoms with Gasteiger partial charge in [-0.2, -0.15) is 0 Å². The summed E-state index contributed by atoms with van der Waals surface area (Å²) >= 11 is 0. The number of hydrogen-bond donors (Lipinski definition) is 0. The molecule has 0 amide bonds. The van der Waals surface area contributed by atoms with E-state index in [0.717, 1.165) is 50.1 Å². The summed E-state index contributed by atoms with van der Waals surface area (Å²) in [5, 5.41) is 2.28. The van der Waals surface area contributed by atoms with E-state index in [0.29, 0.717) is 0 Å². The van der Waals surface area contributed by atoms with Gasteiger partial charge in [0.05, 0.1) is 5.69 Å². The van der Waals surface area contributed by atoms with Gasteiger partial charge in [-0.3, -0.25) is 0 Å². The molecule has 0 saturated heterocycles. The van der Waals surface area contributed by atoms with Crippen molar-refractivity contribution in [3.05, 3.63) is 200 Å². The third kappa shape index (κ3) is 5.53. The lowest BCUT2D eigenvalue weighted by molar-refractivity contribution is 0.669. The summed E-state index contributed by atoms with van der Waals surface area (Å²) < 4.78 is 6.22. The number of nitrogens with zero attached hydrogens (tertiary/aromatic N) is 1. The summed E-state index contributed by atoms with van der Waals surface area (Å²) in [4.78, 5) is 2.37. The lowest BCUT2D eigenvalue weighted by Gasteiger charge is -2.29. The summed E-state index contributed by atoms with van der Waals surface area (Å²) in [6.07, 6.45) is 0.